The number of ether oxygens (including phenoxy) is 6. The number of benzene rings is 1. The van der Waals surface area contributed by atoms with E-state index in [0.29, 0.717) is 58.1 Å². The number of alkyl carbamates (subject to hydrolysis) is 2. The van der Waals surface area contributed by atoms with Gasteiger partial charge in [0, 0.05) is 31.7 Å². The molecule has 0 saturated heterocycles. The molecule has 0 atom stereocenters. The standard InChI is InChI=1S/C30H44N2O10/c1-3-27(33)39-18-9-5-7-16-31-29(35)41-20-15-25-11-13-26(14-12-25)38-23-21-37-22-24-42-30(36)32-17-8-6-10-19-40-28(34)4-2/h3-4,11-14H,1-2,5-10,15-24H2,(H,31,35)(H,32,36). The molecule has 12 nitrogen and oxygen atoms in total. The molecule has 1 aromatic carbocycles. The molecule has 1 rings (SSSR count). The van der Waals surface area contributed by atoms with E-state index in [-0.39, 0.29) is 19.8 Å². The predicted molar refractivity (Wildman–Crippen MR) is 155 cm³/mol. The maximum absolute atomic E-state index is 11.8. The number of carbonyl (C=O) groups is 4. The first-order valence-corrected chi connectivity index (χ1v) is 14.1. The molecule has 0 unspecified atom stereocenters. The van der Waals surface area contributed by atoms with Gasteiger partial charge in [0.2, 0.25) is 0 Å². The van der Waals surface area contributed by atoms with Crippen molar-refractivity contribution < 1.29 is 47.6 Å². The quantitative estimate of drug-likeness (QED) is 0.0784. The van der Waals surface area contributed by atoms with Crippen LogP contribution in [-0.2, 0) is 39.7 Å². The summed E-state index contributed by atoms with van der Waals surface area (Å²) in [5.41, 5.74) is 1.00. The molecule has 0 heterocycles. The second kappa shape index (κ2) is 24.7. The van der Waals surface area contributed by atoms with Crippen LogP contribution in [0.5, 0.6) is 5.75 Å². The Labute approximate surface area is 247 Å². The highest BCUT2D eigenvalue weighted by atomic mass is 16.6. The first-order chi connectivity index (χ1) is 20.4. The van der Waals surface area contributed by atoms with Gasteiger partial charge < -0.3 is 39.1 Å². The minimum Gasteiger partial charge on any atom is -0.491 e. The molecular formula is C30H44N2O10. The summed E-state index contributed by atoms with van der Waals surface area (Å²) in [6.45, 7) is 9.63. The number of carbonyl (C=O) groups excluding carboxylic acids is 4. The third kappa shape index (κ3) is 20.8. The van der Waals surface area contributed by atoms with Gasteiger partial charge in [-0.25, -0.2) is 19.2 Å². The van der Waals surface area contributed by atoms with E-state index < -0.39 is 24.1 Å². The zero-order valence-electron chi connectivity index (χ0n) is 24.3. The maximum atomic E-state index is 11.8. The van der Waals surface area contributed by atoms with E-state index in [1.165, 1.54) is 0 Å². The Balaban J connectivity index is 1.96. The van der Waals surface area contributed by atoms with Crippen molar-refractivity contribution in [2.75, 3.05) is 59.3 Å². The van der Waals surface area contributed by atoms with Crippen LogP contribution in [0.2, 0.25) is 0 Å². The lowest BCUT2D eigenvalue weighted by molar-refractivity contribution is -0.138. The molecule has 0 aliphatic carbocycles. The van der Waals surface area contributed by atoms with Crippen molar-refractivity contribution in [2.45, 2.75) is 44.9 Å². The van der Waals surface area contributed by atoms with Crippen LogP contribution in [0.4, 0.5) is 9.59 Å². The van der Waals surface area contributed by atoms with Gasteiger partial charge in [-0.15, -0.1) is 0 Å². The van der Waals surface area contributed by atoms with Crippen LogP contribution in [0.25, 0.3) is 0 Å². The Kier molecular flexibility index (Phi) is 21.2. The minimum atomic E-state index is -0.503. The van der Waals surface area contributed by atoms with Crippen LogP contribution in [-0.4, -0.2) is 83.5 Å². The highest BCUT2D eigenvalue weighted by Crippen LogP contribution is 2.12. The number of hydrogen-bond donors (Lipinski definition) is 2. The van der Waals surface area contributed by atoms with E-state index in [4.69, 9.17) is 28.4 Å². The smallest absolute Gasteiger partial charge is 0.407 e. The summed E-state index contributed by atoms with van der Waals surface area (Å²) in [6, 6.07) is 7.48. The molecule has 2 N–H and O–H groups in total. The van der Waals surface area contributed by atoms with E-state index in [0.717, 1.165) is 49.8 Å². The first-order valence-electron chi connectivity index (χ1n) is 14.1. The number of unbranched alkanes of at least 4 members (excludes halogenated alkanes) is 4. The molecule has 1 aromatic rings. The van der Waals surface area contributed by atoms with Crippen molar-refractivity contribution in [1.82, 2.24) is 10.6 Å². The molecule has 2 amide bonds. The Hall–Kier alpha value is -4.06. The molecule has 234 valence electrons. The van der Waals surface area contributed by atoms with Crippen LogP contribution in [0.1, 0.15) is 44.1 Å². The lowest BCUT2D eigenvalue weighted by Crippen LogP contribution is -2.26. The zero-order chi connectivity index (χ0) is 30.7. The van der Waals surface area contributed by atoms with E-state index >= 15 is 0 Å². The molecule has 42 heavy (non-hydrogen) atoms. The number of nitrogens with one attached hydrogen (secondary N) is 2. The van der Waals surface area contributed by atoms with Gasteiger partial charge in [-0.2, -0.15) is 0 Å². The van der Waals surface area contributed by atoms with Crippen LogP contribution >= 0.6 is 0 Å². The summed E-state index contributed by atoms with van der Waals surface area (Å²) in [6.07, 6.45) is 6.45. The Morgan fingerprint density at radius 1 is 0.595 bits per heavy atom. The molecule has 0 aliphatic heterocycles. The van der Waals surface area contributed by atoms with Crippen molar-refractivity contribution in [3.8, 4) is 5.75 Å². The molecule has 0 saturated carbocycles. The fourth-order valence-electron chi connectivity index (χ4n) is 3.28. The second-order valence-corrected chi connectivity index (χ2v) is 8.84. The zero-order valence-corrected chi connectivity index (χ0v) is 24.3. The second-order valence-electron chi connectivity index (χ2n) is 8.84. The van der Waals surface area contributed by atoms with E-state index in [1.807, 2.05) is 24.3 Å². The highest BCUT2D eigenvalue weighted by Gasteiger charge is 2.04. The third-order valence-electron chi connectivity index (χ3n) is 5.51. The van der Waals surface area contributed by atoms with E-state index in [9.17, 15) is 19.2 Å². The maximum Gasteiger partial charge on any atom is 0.407 e. The SMILES string of the molecule is C=CC(=O)OCCCCCNC(=O)OCCOCCOc1ccc(CCOC(=O)NCCCCCOC(=O)C=C)cc1. The Morgan fingerprint density at radius 2 is 1.12 bits per heavy atom. The average Bonchev–Trinajstić information content (AvgIpc) is 2.99. The summed E-state index contributed by atoms with van der Waals surface area (Å²) < 4.78 is 31.0. The van der Waals surface area contributed by atoms with E-state index in [1.54, 1.807) is 0 Å². The molecule has 0 aromatic heterocycles. The third-order valence-corrected chi connectivity index (χ3v) is 5.51. The summed E-state index contributed by atoms with van der Waals surface area (Å²) in [7, 11) is 0. The largest absolute Gasteiger partial charge is 0.491 e. The van der Waals surface area contributed by atoms with Crippen molar-refractivity contribution >= 4 is 24.1 Å². The topological polar surface area (TPSA) is 148 Å². The van der Waals surface area contributed by atoms with Crippen molar-refractivity contribution in [1.29, 1.82) is 0 Å². The number of hydrogen-bond acceptors (Lipinski definition) is 10. The lowest BCUT2D eigenvalue weighted by atomic mass is 10.1. The fraction of sp³-hybridized carbons (Fsp3) is 0.533. The van der Waals surface area contributed by atoms with Gasteiger partial charge in [-0.3, -0.25) is 0 Å². The first kappa shape index (κ1) is 36.0. The molecule has 0 radical (unpaired) electrons. The molecule has 0 spiro atoms. The molecule has 0 aliphatic rings. The van der Waals surface area contributed by atoms with Gasteiger partial charge >= 0.3 is 24.1 Å². The Bertz CT molecular complexity index is 937. The summed E-state index contributed by atoms with van der Waals surface area (Å²) in [5.74, 6) is -0.177. The lowest BCUT2D eigenvalue weighted by Gasteiger charge is -2.10. The fourth-order valence-corrected chi connectivity index (χ4v) is 3.28. The monoisotopic (exact) mass is 592 g/mol. The van der Waals surface area contributed by atoms with E-state index in [2.05, 4.69) is 23.8 Å². The Morgan fingerprint density at radius 3 is 1.67 bits per heavy atom. The van der Waals surface area contributed by atoms with Crippen molar-refractivity contribution in [2.24, 2.45) is 0 Å². The van der Waals surface area contributed by atoms with Gasteiger partial charge in [-0.05, 0) is 56.2 Å². The van der Waals surface area contributed by atoms with Gasteiger partial charge in [0.1, 0.15) is 19.0 Å². The summed E-state index contributed by atoms with van der Waals surface area (Å²) in [4.78, 5) is 45.2. The predicted octanol–water partition coefficient (Wildman–Crippen LogP) is 3.88. The normalized spacial score (nSPS) is 10.2. The van der Waals surface area contributed by atoms with Crippen LogP contribution in [0.15, 0.2) is 49.6 Å². The van der Waals surface area contributed by atoms with Crippen LogP contribution < -0.4 is 15.4 Å². The van der Waals surface area contributed by atoms with Crippen molar-refractivity contribution in [3.05, 3.63) is 55.1 Å². The summed E-state index contributed by atoms with van der Waals surface area (Å²) >= 11 is 0. The number of rotatable bonds is 24. The van der Waals surface area contributed by atoms with Gasteiger partial charge in [0.15, 0.2) is 0 Å². The number of amides is 2. The number of esters is 2. The van der Waals surface area contributed by atoms with Gasteiger partial charge in [0.05, 0.1) is 33.0 Å². The molecule has 0 bridgehead atoms. The van der Waals surface area contributed by atoms with Gasteiger partial charge in [0.25, 0.3) is 0 Å². The molecule has 0 fully saturated rings. The molecule has 12 heteroatoms. The van der Waals surface area contributed by atoms with Crippen LogP contribution in [0.3, 0.4) is 0 Å². The van der Waals surface area contributed by atoms with Gasteiger partial charge in [-0.1, -0.05) is 25.3 Å². The average molecular weight is 593 g/mol. The van der Waals surface area contributed by atoms with Crippen LogP contribution in [0, 0.1) is 0 Å². The minimum absolute atomic E-state index is 0.132. The highest BCUT2D eigenvalue weighted by molar-refractivity contribution is 5.81. The van der Waals surface area contributed by atoms with Crippen molar-refractivity contribution in [3.63, 3.8) is 0 Å². The molecular weight excluding hydrogens is 548 g/mol. The summed E-state index contributed by atoms with van der Waals surface area (Å²) in [5, 5.41) is 5.35.